The second kappa shape index (κ2) is 19.2. The number of hydrogen-bond acceptors (Lipinski definition) is 6. The summed E-state index contributed by atoms with van der Waals surface area (Å²) in [7, 11) is 1.78. The zero-order valence-corrected chi connectivity index (χ0v) is 29.6. The molecule has 1 aromatic carbocycles. The summed E-state index contributed by atoms with van der Waals surface area (Å²) in [6.45, 7) is 14.2. The Labute approximate surface area is 287 Å². The highest BCUT2D eigenvalue weighted by atomic mass is 16.5. The van der Waals surface area contributed by atoms with Crippen LogP contribution in [-0.2, 0) is 14.3 Å². The molecule has 1 aromatic rings. The normalized spacial score (nSPS) is 18.7. The number of nitriles is 1. The zero-order chi connectivity index (χ0) is 35.1. The molecule has 48 heavy (non-hydrogen) atoms. The van der Waals surface area contributed by atoms with Gasteiger partial charge in [-0.25, -0.2) is 0 Å². The lowest BCUT2D eigenvalue weighted by molar-refractivity contribution is -0.149. The van der Waals surface area contributed by atoms with Gasteiger partial charge in [-0.05, 0) is 113 Å². The lowest BCUT2D eigenvalue weighted by Crippen LogP contribution is -2.29. The fraction of sp³-hybridized carbons (Fsp3) is 0.415. The lowest BCUT2D eigenvalue weighted by atomic mass is 9.87. The Morgan fingerprint density at radius 1 is 1.08 bits per heavy atom. The lowest BCUT2D eigenvalue weighted by Gasteiger charge is -2.28. The van der Waals surface area contributed by atoms with E-state index in [2.05, 4.69) is 25.6 Å². The van der Waals surface area contributed by atoms with Gasteiger partial charge in [0.1, 0.15) is 5.75 Å². The fourth-order valence-electron chi connectivity index (χ4n) is 5.84. The number of amides is 1. The first-order valence-electron chi connectivity index (χ1n) is 17.0. The van der Waals surface area contributed by atoms with Gasteiger partial charge in [0, 0.05) is 36.1 Å². The van der Waals surface area contributed by atoms with Crippen LogP contribution in [0.5, 0.6) is 5.75 Å². The molecule has 0 radical (unpaired) electrons. The molecule has 254 valence electrons. The summed E-state index contributed by atoms with van der Waals surface area (Å²) in [6.07, 6.45) is 19.4. The molecule has 0 atom stereocenters. The summed E-state index contributed by atoms with van der Waals surface area (Å²) in [6, 6.07) is 9.88. The summed E-state index contributed by atoms with van der Waals surface area (Å²) in [5.41, 5.74) is 6.38. The minimum absolute atomic E-state index is 0.0435. The molecule has 0 aromatic heterocycles. The quantitative estimate of drug-likeness (QED) is 0.0866. The van der Waals surface area contributed by atoms with Gasteiger partial charge in [0.25, 0.3) is 5.91 Å². The molecule has 0 N–H and O–H groups in total. The number of rotatable bonds is 14. The maximum atomic E-state index is 14.2. The highest BCUT2D eigenvalue weighted by Gasteiger charge is 2.28. The number of nitrogens with zero attached hydrogens (tertiary/aromatic N) is 3. The summed E-state index contributed by atoms with van der Waals surface area (Å²) >= 11 is 0. The van der Waals surface area contributed by atoms with E-state index in [-0.39, 0.29) is 23.9 Å². The number of carbonyl (C=O) groups is 2. The van der Waals surface area contributed by atoms with Crippen LogP contribution in [0.1, 0.15) is 86.0 Å². The van der Waals surface area contributed by atoms with Crippen LogP contribution in [-0.4, -0.2) is 37.3 Å². The Kier molecular flexibility index (Phi) is 15.1. The van der Waals surface area contributed by atoms with Gasteiger partial charge >= 0.3 is 5.97 Å². The van der Waals surface area contributed by atoms with Gasteiger partial charge in [0.2, 0.25) is 0 Å². The average molecular weight is 650 g/mol. The van der Waals surface area contributed by atoms with Gasteiger partial charge in [0.15, 0.2) is 0 Å². The standard InChI is InChI=1S/C41H51N3O4/c1-8-14-39(43-29(4)5)38(27-31(9-2)18-17-30(6)37-16-13-11-12-15-33(37)28-42)40(45)44(7)34-21-25-36(26-22-34)48-35-23-19-32(20-24-35)41(46)47-10-3/h9,11-12,15-18,21-22,25-26,32,35H,2,8,10,13-14,19-20,23-24,27H2,1,3-7H3/b30-17+,31-18+,39-38-. The van der Waals surface area contributed by atoms with Crippen LogP contribution in [0.2, 0.25) is 0 Å². The van der Waals surface area contributed by atoms with Crippen molar-refractivity contribution in [3.8, 4) is 11.8 Å². The Bertz CT molecular complexity index is 1570. The first-order chi connectivity index (χ1) is 23.1. The van der Waals surface area contributed by atoms with Crippen LogP contribution in [0.4, 0.5) is 5.69 Å². The van der Waals surface area contributed by atoms with E-state index < -0.39 is 0 Å². The fourth-order valence-corrected chi connectivity index (χ4v) is 5.84. The van der Waals surface area contributed by atoms with Crippen molar-refractivity contribution in [3.63, 3.8) is 0 Å². The van der Waals surface area contributed by atoms with Crippen molar-refractivity contribution < 1.29 is 19.1 Å². The average Bonchev–Trinajstić information content (AvgIpc) is 3.34. The molecule has 0 heterocycles. The zero-order valence-electron chi connectivity index (χ0n) is 29.6. The molecule has 1 fully saturated rings. The second-order valence-electron chi connectivity index (χ2n) is 12.4. The Morgan fingerprint density at radius 3 is 2.40 bits per heavy atom. The Morgan fingerprint density at radius 2 is 1.79 bits per heavy atom. The van der Waals surface area contributed by atoms with E-state index in [1.165, 1.54) is 0 Å². The second-order valence-corrected chi connectivity index (χ2v) is 12.4. The number of ether oxygens (including phenoxy) is 2. The van der Waals surface area contributed by atoms with Gasteiger partial charge in [-0.3, -0.25) is 14.6 Å². The molecule has 0 spiro atoms. The van der Waals surface area contributed by atoms with Crippen molar-refractivity contribution >= 4 is 23.3 Å². The van der Waals surface area contributed by atoms with Crippen molar-refractivity contribution in [2.75, 3.05) is 18.6 Å². The van der Waals surface area contributed by atoms with Crippen LogP contribution in [0, 0.1) is 17.2 Å². The van der Waals surface area contributed by atoms with Gasteiger partial charge in [-0.15, -0.1) is 0 Å². The van der Waals surface area contributed by atoms with Crippen molar-refractivity contribution in [3.05, 3.63) is 107 Å². The maximum absolute atomic E-state index is 14.2. The number of aliphatic imine (C=N–C) groups is 1. The molecule has 1 amide bonds. The molecule has 2 aliphatic rings. The largest absolute Gasteiger partial charge is 0.490 e. The topological polar surface area (TPSA) is 92.0 Å². The van der Waals surface area contributed by atoms with Gasteiger partial charge in [-0.1, -0.05) is 56.4 Å². The molecule has 0 unspecified atom stereocenters. The smallest absolute Gasteiger partial charge is 0.308 e. The molecule has 2 aliphatic carbocycles. The summed E-state index contributed by atoms with van der Waals surface area (Å²) in [5.74, 6) is 0.451. The first kappa shape index (κ1) is 37.8. The predicted molar refractivity (Wildman–Crippen MR) is 196 cm³/mol. The molecular formula is C41H51N3O4. The third-order valence-corrected chi connectivity index (χ3v) is 8.46. The van der Waals surface area contributed by atoms with Gasteiger partial charge < -0.3 is 14.4 Å². The number of hydrogen-bond donors (Lipinski definition) is 0. The van der Waals surface area contributed by atoms with Crippen molar-refractivity contribution in [1.82, 2.24) is 0 Å². The highest BCUT2D eigenvalue weighted by molar-refractivity contribution is 6.06. The molecule has 3 rings (SSSR count). The van der Waals surface area contributed by atoms with E-state index >= 15 is 0 Å². The van der Waals surface area contributed by atoms with E-state index in [9.17, 15) is 14.9 Å². The number of anilines is 1. The molecular weight excluding hydrogens is 598 g/mol. The molecule has 1 saturated carbocycles. The molecule has 7 heteroatoms. The van der Waals surface area contributed by atoms with Crippen LogP contribution in [0.3, 0.4) is 0 Å². The summed E-state index contributed by atoms with van der Waals surface area (Å²) in [5, 5.41) is 9.66. The minimum atomic E-state index is -0.130. The summed E-state index contributed by atoms with van der Waals surface area (Å²) < 4.78 is 11.4. The number of likely N-dealkylation sites (N-methyl/N-ethyl adjacent to an activating group) is 1. The third kappa shape index (κ3) is 10.9. The molecule has 0 saturated heterocycles. The van der Waals surface area contributed by atoms with Crippen LogP contribution in [0.25, 0.3) is 0 Å². The Hall–Kier alpha value is -4.70. The monoisotopic (exact) mass is 649 g/mol. The predicted octanol–water partition coefficient (Wildman–Crippen LogP) is 9.47. The van der Waals surface area contributed by atoms with Crippen molar-refractivity contribution in [1.29, 1.82) is 5.26 Å². The van der Waals surface area contributed by atoms with Crippen LogP contribution < -0.4 is 9.64 Å². The first-order valence-corrected chi connectivity index (χ1v) is 17.0. The SMILES string of the molecule is C=C/C(=C\C=C(/C)C1=CCC=CC=C1C#N)C/C(C(=O)N(C)c1ccc(OC2CCC(C(=O)OCC)CC2)cc1)=C(\CCC)N=C(C)C. The number of benzene rings is 1. The van der Waals surface area contributed by atoms with Crippen LogP contribution in [0.15, 0.2) is 112 Å². The van der Waals surface area contributed by atoms with Crippen LogP contribution >= 0.6 is 0 Å². The third-order valence-electron chi connectivity index (χ3n) is 8.46. The van der Waals surface area contributed by atoms with E-state index in [4.69, 9.17) is 14.5 Å². The molecule has 0 bridgehead atoms. The van der Waals surface area contributed by atoms with Gasteiger partial charge in [-0.2, -0.15) is 5.26 Å². The van der Waals surface area contributed by atoms with E-state index in [1.54, 1.807) is 18.0 Å². The van der Waals surface area contributed by atoms with Crippen molar-refractivity contribution in [2.45, 2.75) is 92.1 Å². The maximum Gasteiger partial charge on any atom is 0.308 e. The molecule has 7 nitrogen and oxygen atoms in total. The number of allylic oxidation sites excluding steroid dienone is 12. The minimum Gasteiger partial charge on any atom is -0.490 e. The number of esters is 1. The Balaban J connectivity index is 1.83. The summed E-state index contributed by atoms with van der Waals surface area (Å²) in [4.78, 5) is 32.8. The van der Waals surface area contributed by atoms with E-state index in [1.807, 2.05) is 82.3 Å². The highest BCUT2D eigenvalue weighted by Crippen LogP contribution is 2.31. The van der Waals surface area contributed by atoms with Crippen molar-refractivity contribution in [2.24, 2.45) is 10.9 Å². The number of carbonyl (C=O) groups excluding carboxylic acids is 2. The van der Waals surface area contributed by atoms with E-state index in [0.717, 1.165) is 78.1 Å². The van der Waals surface area contributed by atoms with Gasteiger partial charge in [0.05, 0.1) is 30.3 Å². The van der Waals surface area contributed by atoms with E-state index in [0.29, 0.717) is 30.6 Å². The molecule has 0 aliphatic heterocycles.